The lowest BCUT2D eigenvalue weighted by Gasteiger charge is -2.25. The normalized spacial score (nSPS) is 15.2. The molecule has 1 amide bonds. The molecular formula is C16H16FNO3. The summed E-state index contributed by atoms with van der Waals surface area (Å²) in [5.41, 5.74) is 1.88. The molecule has 0 spiro atoms. The number of amides is 1. The maximum absolute atomic E-state index is 12.9. The van der Waals surface area contributed by atoms with Gasteiger partial charge in [0.05, 0.1) is 19.5 Å². The van der Waals surface area contributed by atoms with Crippen molar-refractivity contribution in [3.8, 4) is 0 Å². The van der Waals surface area contributed by atoms with Gasteiger partial charge in [-0.05, 0) is 29.3 Å². The van der Waals surface area contributed by atoms with Gasteiger partial charge < -0.3 is 14.1 Å². The number of nitrogens with zero attached hydrogens (tertiary/aromatic N) is 1. The predicted octanol–water partition coefficient (Wildman–Crippen LogP) is 2.48. The molecule has 0 unspecified atom stereocenters. The zero-order chi connectivity index (χ0) is 14.7. The van der Waals surface area contributed by atoms with Crippen LogP contribution in [0.1, 0.15) is 21.7 Å². The molecule has 1 fully saturated rings. The van der Waals surface area contributed by atoms with Crippen molar-refractivity contribution in [3.63, 3.8) is 0 Å². The fraction of sp³-hybridized carbons (Fsp3) is 0.312. The topological polar surface area (TPSA) is 42.7 Å². The van der Waals surface area contributed by atoms with Gasteiger partial charge in [-0.2, -0.15) is 0 Å². The number of morpholine rings is 1. The molecule has 1 saturated heterocycles. The smallest absolute Gasteiger partial charge is 0.289 e. The fourth-order valence-corrected chi connectivity index (χ4v) is 2.34. The Morgan fingerprint density at radius 1 is 1.14 bits per heavy atom. The highest BCUT2D eigenvalue weighted by molar-refractivity contribution is 5.91. The minimum absolute atomic E-state index is 0.108. The Labute approximate surface area is 122 Å². The van der Waals surface area contributed by atoms with Crippen LogP contribution in [0.5, 0.6) is 0 Å². The molecule has 21 heavy (non-hydrogen) atoms. The molecule has 2 aromatic rings. The van der Waals surface area contributed by atoms with E-state index in [1.54, 1.807) is 29.4 Å². The average Bonchev–Trinajstić information content (AvgIpc) is 2.98. The maximum atomic E-state index is 12.9. The minimum atomic E-state index is -0.255. The molecule has 0 saturated carbocycles. The van der Waals surface area contributed by atoms with Crippen molar-refractivity contribution in [3.05, 3.63) is 59.3 Å². The average molecular weight is 289 g/mol. The Hall–Kier alpha value is -2.14. The Morgan fingerprint density at radius 3 is 2.57 bits per heavy atom. The van der Waals surface area contributed by atoms with E-state index in [1.807, 2.05) is 0 Å². The van der Waals surface area contributed by atoms with Gasteiger partial charge in [0, 0.05) is 19.5 Å². The molecule has 2 heterocycles. The first-order valence-corrected chi connectivity index (χ1v) is 6.91. The largest absolute Gasteiger partial charge is 0.459 e. The van der Waals surface area contributed by atoms with Gasteiger partial charge in [0.1, 0.15) is 5.82 Å². The van der Waals surface area contributed by atoms with Gasteiger partial charge in [-0.25, -0.2) is 4.39 Å². The number of benzene rings is 1. The van der Waals surface area contributed by atoms with E-state index in [9.17, 15) is 9.18 Å². The number of carbonyl (C=O) groups excluding carboxylic acids is 1. The second kappa shape index (κ2) is 6.10. The molecule has 0 radical (unpaired) electrons. The maximum Gasteiger partial charge on any atom is 0.289 e. The van der Waals surface area contributed by atoms with Crippen molar-refractivity contribution in [2.24, 2.45) is 0 Å². The summed E-state index contributed by atoms with van der Waals surface area (Å²) in [4.78, 5) is 14.0. The lowest BCUT2D eigenvalue weighted by Crippen LogP contribution is -2.40. The van der Waals surface area contributed by atoms with Crippen molar-refractivity contribution in [1.29, 1.82) is 0 Å². The van der Waals surface area contributed by atoms with E-state index in [4.69, 9.17) is 9.15 Å². The van der Waals surface area contributed by atoms with Crippen molar-refractivity contribution < 1.29 is 18.3 Å². The van der Waals surface area contributed by atoms with Crippen molar-refractivity contribution in [2.45, 2.75) is 6.42 Å². The lowest BCUT2D eigenvalue weighted by molar-refractivity contribution is 0.0283. The second-order valence-corrected chi connectivity index (χ2v) is 5.03. The molecule has 3 rings (SSSR count). The first kappa shape index (κ1) is 13.8. The van der Waals surface area contributed by atoms with Gasteiger partial charge >= 0.3 is 0 Å². The summed E-state index contributed by atoms with van der Waals surface area (Å²) < 4.78 is 23.5. The lowest BCUT2D eigenvalue weighted by atomic mass is 10.1. The van der Waals surface area contributed by atoms with Crippen LogP contribution < -0.4 is 0 Å². The molecule has 1 aliphatic rings. The third-order valence-corrected chi connectivity index (χ3v) is 3.48. The van der Waals surface area contributed by atoms with E-state index in [0.717, 1.165) is 11.1 Å². The van der Waals surface area contributed by atoms with E-state index in [1.165, 1.54) is 12.1 Å². The molecule has 0 N–H and O–H groups in total. The molecule has 0 aliphatic carbocycles. The summed E-state index contributed by atoms with van der Waals surface area (Å²) >= 11 is 0. The molecular weight excluding hydrogens is 273 g/mol. The Bertz CT molecular complexity index is 615. The van der Waals surface area contributed by atoms with Gasteiger partial charge in [-0.1, -0.05) is 12.1 Å². The molecule has 5 heteroatoms. The highest BCUT2D eigenvalue weighted by Crippen LogP contribution is 2.16. The van der Waals surface area contributed by atoms with Crippen LogP contribution in [-0.2, 0) is 11.2 Å². The molecule has 0 atom stereocenters. The number of halogens is 1. The molecule has 0 bridgehead atoms. The number of hydrogen-bond acceptors (Lipinski definition) is 3. The van der Waals surface area contributed by atoms with Crippen molar-refractivity contribution in [1.82, 2.24) is 4.90 Å². The van der Waals surface area contributed by atoms with Gasteiger partial charge in [0.15, 0.2) is 5.76 Å². The Kier molecular flexibility index (Phi) is 4.01. The number of furan rings is 1. The van der Waals surface area contributed by atoms with Crippen LogP contribution in [0.3, 0.4) is 0 Å². The highest BCUT2D eigenvalue weighted by Gasteiger charge is 2.21. The quantitative estimate of drug-likeness (QED) is 0.872. The second-order valence-electron chi connectivity index (χ2n) is 5.03. The molecule has 1 aliphatic heterocycles. The van der Waals surface area contributed by atoms with Crippen LogP contribution in [-0.4, -0.2) is 37.1 Å². The van der Waals surface area contributed by atoms with E-state index >= 15 is 0 Å². The first-order valence-electron chi connectivity index (χ1n) is 6.91. The van der Waals surface area contributed by atoms with E-state index < -0.39 is 0 Å². The predicted molar refractivity (Wildman–Crippen MR) is 74.6 cm³/mol. The zero-order valence-electron chi connectivity index (χ0n) is 11.5. The molecule has 4 nitrogen and oxygen atoms in total. The summed E-state index contributed by atoms with van der Waals surface area (Å²) in [6, 6.07) is 8.06. The minimum Gasteiger partial charge on any atom is -0.459 e. The van der Waals surface area contributed by atoms with Gasteiger partial charge in [0.2, 0.25) is 0 Å². The van der Waals surface area contributed by atoms with Gasteiger partial charge in [-0.3, -0.25) is 4.79 Å². The monoisotopic (exact) mass is 289 g/mol. The first-order chi connectivity index (χ1) is 10.2. The standard InChI is InChI=1S/C16H16FNO3/c17-14-3-1-12(2-4-14)9-13-10-15(21-11-13)16(19)18-5-7-20-8-6-18/h1-4,10-11H,5-9H2. The van der Waals surface area contributed by atoms with Crippen LogP contribution >= 0.6 is 0 Å². The SMILES string of the molecule is O=C(c1cc(Cc2ccc(F)cc2)co1)N1CCOCC1. The summed E-state index contributed by atoms with van der Waals surface area (Å²) in [7, 11) is 0. The fourth-order valence-electron chi connectivity index (χ4n) is 2.34. The Balaban J connectivity index is 1.68. The zero-order valence-corrected chi connectivity index (χ0v) is 11.5. The highest BCUT2D eigenvalue weighted by atomic mass is 19.1. The van der Waals surface area contributed by atoms with Crippen LogP contribution in [0.4, 0.5) is 4.39 Å². The third kappa shape index (κ3) is 3.31. The number of rotatable bonds is 3. The van der Waals surface area contributed by atoms with Crippen LogP contribution in [0, 0.1) is 5.82 Å². The molecule has 1 aromatic carbocycles. The number of ether oxygens (including phenoxy) is 1. The molecule has 110 valence electrons. The third-order valence-electron chi connectivity index (χ3n) is 3.48. The van der Waals surface area contributed by atoms with Crippen LogP contribution in [0.2, 0.25) is 0 Å². The van der Waals surface area contributed by atoms with Crippen molar-refractivity contribution >= 4 is 5.91 Å². The molecule has 1 aromatic heterocycles. The van der Waals surface area contributed by atoms with E-state index in [0.29, 0.717) is 38.5 Å². The Morgan fingerprint density at radius 2 is 1.86 bits per heavy atom. The van der Waals surface area contributed by atoms with E-state index in [2.05, 4.69) is 0 Å². The number of carbonyl (C=O) groups is 1. The summed E-state index contributed by atoms with van der Waals surface area (Å²) in [5.74, 6) is -0.0215. The van der Waals surface area contributed by atoms with Crippen LogP contribution in [0.25, 0.3) is 0 Å². The van der Waals surface area contributed by atoms with Gasteiger partial charge in [0.25, 0.3) is 5.91 Å². The summed E-state index contributed by atoms with van der Waals surface area (Å²) in [5, 5.41) is 0. The van der Waals surface area contributed by atoms with E-state index in [-0.39, 0.29) is 11.7 Å². The van der Waals surface area contributed by atoms with Crippen molar-refractivity contribution in [2.75, 3.05) is 26.3 Å². The van der Waals surface area contributed by atoms with Crippen LogP contribution in [0.15, 0.2) is 41.0 Å². The van der Waals surface area contributed by atoms with Gasteiger partial charge in [-0.15, -0.1) is 0 Å². The summed E-state index contributed by atoms with van der Waals surface area (Å²) in [6.07, 6.45) is 2.19. The summed E-state index contributed by atoms with van der Waals surface area (Å²) in [6.45, 7) is 2.31. The number of hydrogen-bond donors (Lipinski definition) is 0.